The number of rotatable bonds is 6. The monoisotopic (exact) mass is 289 g/mol. The highest BCUT2D eigenvalue weighted by Gasteiger charge is 2.25. The molecule has 1 heterocycles. The quantitative estimate of drug-likeness (QED) is 0.844. The maximum atomic E-state index is 10.1. The summed E-state index contributed by atoms with van der Waals surface area (Å²) in [6.07, 6.45) is 0.650. The van der Waals surface area contributed by atoms with E-state index in [9.17, 15) is 5.11 Å². The Kier molecular flexibility index (Phi) is 5.57. The Morgan fingerprint density at radius 2 is 2.14 bits per heavy atom. The molecule has 0 saturated carbocycles. The van der Waals surface area contributed by atoms with Gasteiger partial charge < -0.3 is 14.7 Å². The molecule has 21 heavy (non-hydrogen) atoms. The van der Waals surface area contributed by atoms with E-state index in [1.54, 1.807) is 24.3 Å². The van der Waals surface area contributed by atoms with Gasteiger partial charge in [-0.3, -0.25) is 4.90 Å². The lowest BCUT2D eigenvalue weighted by Gasteiger charge is -2.22. The lowest BCUT2D eigenvalue weighted by atomic mass is 10.2. The number of aliphatic hydroxyl groups is 1. The van der Waals surface area contributed by atoms with E-state index in [4.69, 9.17) is 10.00 Å². The third kappa shape index (κ3) is 4.71. The van der Waals surface area contributed by atoms with Gasteiger partial charge in [-0.2, -0.15) is 5.26 Å². The molecular formula is C16H23N3O2. The molecule has 0 aliphatic carbocycles. The molecule has 1 aliphatic heterocycles. The van der Waals surface area contributed by atoms with Gasteiger partial charge >= 0.3 is 0 Å². The van der Waals surface area contributed by atoms with Crippen molar-refractivity contribution in [2.45, 2.75) is 18.6 Å². The zero-order chi connectivity index (χ0) is 15.2. The maximum absolute atomic E-state index is 10.1. The van der Waals surface area contributed by atoms with Crippen LogP contribution in [0.2, 0.25) is 0 Å². The Hall–Kier alpha value is -1.61. The van der Waals surface area contributed by atoms with Crippen LogP contribution >= 0.6 is 0 Å². The van der Waals surface area contributed by atoms with E-state index in [-0.39, 0.29) is 6.61 Å². The molecule has 1 N–H and O–H groups in total. The number of nitrogens with zero attached hydrogens (tertiary/aromatic N) is 3. The number of likely N-dealkylation sites (tertiary alicyclic amines) is 1. The molecule has 1 aromatic carbocycles. The summed E-state index contributed by atoms with van der Waals surface area (Å²) in [5.74, 6) is 0.681. The third-order valence-electron chi connectivity index (χ3n) is 3.87. The number of β-amino-alcohol motifs (C(OH)–C–C–N with tert-alkyl or cyclic N) is 1. The van der Waals surface area contributed by atoms with Crippen molar-refractivity contribution in [2.75, 3.05) is 40.3 Å². The zero-order valence-electron chi connectivity index (χ0n) is 12.7. The number of likely N-dealkylation sites (N-methyl/N-ethyl adjacent to an activating group) is 1. The van der Waals surface area contributed by atoms with Crippen LogP contribution in [0.1, 0.15) is 12.0 Å². The van der Waals surface area contributed by atoms with Crippen molar-refractivity contribution in [3.8, 4) is 11.8 Å². The summed E-state index contributed by atoms with van der Waals surface area (Å²) in [6, 6.07) is 9.58. The average Bonchev–Trinajstić information content (AvgIpc) is 2.94. The Morgan fingerprint density at radius 3 is 2.71 bits per heavy atom. The number of hydrogen-bond acceptors (Lipinski definition) is 5. The Bertz CT molecular complexity index is 481. The van der Waals surface area contributed by atoms with Gasteiger partial charge in [0.05, 0.1) is 11.6 Å². The van der Waals surface area contributed by atoms with Gasteiger partial charge in [-0.25, -0.2) is 0 Å². The second-order valence-corrected chi connectivity index (χ2v) is 5.77. The summed E-state index contributed by atoms with van der Waals surface area (Å²) in [4.78, 5) is 4.51. The topological polar surface area (TPSA) is 59.7 Å². The third-order valence-corrected chi connectivity index (χ3v) is 3.87. The van der Waals surface area contributed by atoms with E-state index >= 15 is 0 Å². The van der Waals surface area contributed by atoms with Crippen molar-refractivity contribution in [3.05, 3.63) is 29.8 Å². The normalized spacial score (nSPS) is 20.4. The molecule has 1 aromatic rings. The van der Waals surface area contributed by atoms with E-state index in [1.807, 2.05) is 0 Å². The smallest absolute Gasteiger partial charge is 0.119 e. The van der Waals surface area contributed by atoms with Crippen molar-refractivity contribution in [2.24, 2.45) is 0 Å². The van der Waals surface area contributed by atoms with Crippen LogP contribution in [0, 0.1) is 11.3 Å². The van der Waals surface area contributed by atoms with Gasteiger partial charge in [0.25, 0.3) is 0 Å². The van der Waals surface area contributed by atoms with Gasteiger partial charge in [-0.15, -0.1) is 0 Å². The first kappa shape index (κ1) is 15.8. The molecular weight excluding hydrogens is 266 g/mol. The molecule has 0 amide bonds. The SMILES string of the molecule is CN(C)C1CCN(CC(O)COc2ccc(C#N)cc2)C1. The van der Waals surface area contributed by atoms with Crippen molar-refractivity contribution >= 4 is 0 Å². The van der Waals surface area contributed by atoms with Crippen molar-refractivity contribution in [3.63, 3.8) is 0 Å². The van der Waals surface area contributed by atoms with Crippen LogP contribution in [0.3, 0.4) is 0 Å². The van der Waals surface area contributed by atoms with E-state index in [2.05, 4.69) is 30.0 Å². The fourth-order valence-electron chi connectivity index (χ4n) is 2.57. The number of aliphatic hydroxyl groups excluding tert-OH is 1. The first-order valence-electron chi connectivity index (χ1n) is 7.28. The highest BCUT2D eigenvalue weighted by molar-refractivity contribution is 5.34. The number of nitriles is 1. The van der Waals surface area contributed by atoms with E-state index in [1.165, 1.54) is 0 Å². The fourth-order valence-corrected chi connectivity index (χ4v) is 2.57. The number of ether oxygens (including phenoxy) is 1. The summed E-state index contributed by atoms with van der Waals surface area (Å²) in [7, 11) is 4.19. The molecule has 114 valence electrons. The highest BCUT2D eigenvalue weighted by Crippen LogP contribution is 2.15. The van der Waals surface area contributed by atoms with Gasteiger partial charge in [0.15, 0.2) is 0 Å². The van der Waals surface area contributed by atoms with Crippen molar-refractivity contribution in [1.29, 1.82) is 5.26 Å². The standard InChI is InChI=1S/C16H23N3O2/c1-18(2)14-7-8-19(10-14)11-15(20)12-21-16-5-3-13(9-17)4-6-16/h3-6,14-15,20H,7-8,10-12H2,1-2H3. The summed E-state index contributed by atoms with van der Waals surface area (Å²) in [5, 5.41) is 18.8. The lowest BCUT2D eigenvalue weighted by molar-refractivity contribution is 0.0739. The van der Waals surface area contributed by atoms with Crippen molar-refractivity contribution < 1.29 is 9.84 Å². The van der Waals surface area contributed by atoms with Crippen LogP contribution in [-0.4, -0.2) is 67.4 Å². The van der Waals surface area contributed by atoms with E-state index in [0.29, 0.717) is 23.9 Å². The molecule has 1 fully saturated rings. The van der Waals surface area contributed by atoms with Gasteiger partial charge in [-0.05, 0) is 51.3 Å². The molecule has 0 aromatic heterocycles. The molecule has 0 bridgehead atoms. The van der Waals surface area contributed by atoms with E-state index < -0.39 is 6.10 Å². The Morgan fingerprint density at radius 1 is 1.43 bits per heavy atom. The zero-order valence-corrected chi connectivity index (χ0v) is 12.7. The molecule has 5 nitrogen and oxygen atoms in total. The Labute approximate surface area is 126 Å². The van der Waals surface area contributed by atoms with Crippen molar-refractivity contribution in [1.82, 2.24) is 9.80 Å². The van der Waals surface area contributed by atoms with Crippen LogP contribution < -0.4 is 4.74 Å². The van der Waals surface area contributed by atoms with Gasteiger partial charge in [-0.1, -0.05) is 0 Å². The summed E-state index contributed by atoms with van der Waals surface area (Å²) < 4.78 is 5.56. The van der Waals surface area contributed by atoms with Gasteiger partial charge in [0.1, 0.15) is 18.5 Å². The largest absolute Gasteiger partial charge is 0.491 e. The molecule has 0 spiro atoms. The van der Waals surface area contributed by atoms with Crippen LogP contribution in [0.4, 0.5) is 0 Å². The maximum Gasteiger partial charge on any atom is 0.119 e. The Balaban J connectivity index is 1.72. The second-order valence-electron chi connectivity index (χ2n) is 5.77. The van der Waals surface area contributed by atoms with Crippen LogP contribution in [0.5, 0.6) is 5.75 Å². The minimum absolute atomic E-state index is 0.273. The summed E-state index contributed by atoms with van der Waals surface area (Å²) >= 11 is 0. The molecule has 1 saturated heterocycles. The summed E-state index contributed by atoms with van der Waals surface area (Å²) in [5.41, 5.74) is 0.606. The first-order valence-corrected chi connectivity index (χ1v) is 7.28. The highest BCUT2D eigenvalue weighted by atomic mass is 16.5. The van der Waals surface area contributed by atoms with Crippen LogP contribution in [0.15, 0.2) is 24.3 Å². The molecule has 5 heteroatoms. The van der Waals surface area contributed by atoms with Gasteiger partial charge in [0.2, 0.25) is 0 Å². The predicted molar refractivity (Wildman–Crippen MR) is 81.2 cm³/mol. The van der Waals surface area contributed by atoms with E-state index in [0.717, 1.165) is 19.5 Å². The average molecular weight is 289 g/mol. The second kappa shape index (κ2) is 7.41. The fraction of sp³-hybridized carbons (Fsp3) is 0.562. The molecule has 2 unspecified atom stereocenters. The predicted octanol–water partition coefficient (Wildman–Crippen LogP) is 0.934. The molecule has 2 atom stereocenters. The van der Waals surface area contributed by atoms with Crippen LogP contribution in [0.25, 0.3) is 0 Å². The molecule has 1 aliphatic rings. The van der Waals surface area contributed by atoms with Crippen LogP contribution in [-0.2, 0) is 0 Å². The molecule has 0 radical (unpaired) electrons. The lowest BCUT2D eigenvalue weighted by Crippen LogP contribution is -2.37. The minimum Gasteiger partial charge on any atom is -0.491 e. The minimum atomic E-state index is -0.499. The summed E-state index contributed by atoms with van der Waals surface area (Å²) in [6.45, 7) is 2.94. The number of benzene rings is 1. The molecule has 2 rings (SSSR count). The van der Waals surface area contributed by atoms with Gasteiger partial charge in [0, 0.05) is 19.1 Å². The first-order chi connectivity index (χ1) is 10.1. The number of hydrogen-bond donors (Lipinski definition) is 1.